The van der Waals surface area contributed by atoms with Crippen LogP contribution in [0.5, 0.6) is 0 Å². The van der Waals surface area contributed by atoms with Gasteiger partial charge in [-0.05, 0) is 6.92 Å². The van der Waals surface area contributed by atoms with Crippen molar-refractivity contribution in [2.45, 2.75) is 233 Å². The van der Waals surface area contributed by atoms with Gasteiger partial charge in [-0.3, -0.25) is 0 Å². The number of unbranched alkanes of at least 4 members (excludes halogenated alkanes) is 32. The van der Waals surface area contributed by atoms with Crippen molar-refractivity contribution in [3.63, 3.8) is 0 Å². The van der Waals surface area contributed by atoms with E-state index in [2.05, 4.69) is 20.4 Å². The maximum absolute atomic E-state index is 9.60. The highest BCUT2D eigenvalue weighted by molar-refractivity contribution is 5.84. The third kappa shape index (κ3) is 43.8. The molecule has 0 aromatic rings. The summed E-state index contributed by atoms with van der Waals surface area (Å²) in [6.45, 7) is 9.22. The van der Waals surface area contributed by atoms with Gasteiger partial charge < -0.3 is 5.11 Å². The lowest BCUT2D eigenvalue weighted by Gasteiger charge is -2.04. The van der Waals surface area contributed by atoms with Gasteiger partial charge in [-0.1, -0.05) is 232 Å². The van der Waals surface area contributed by atoms with Gasteiger partial charge in [-0.2, -0.15) is 0 Å². The zero-order valence-electron chi connectivity index (χ0n) is 28.9. The highest BCUT2D eigenvalue weighted by Crippen LogP contribution is 2.16. The summed E-state index contributed by atoms with van der Waals surface area (Å²) in [6.07, 6.45) is 48.9. The van der Waals surface area contributed by atoms with Crippen LogP contribution in [0.4, 0.5) is 0 Å². The molecule has 1 N–H and O–H groups in total. The molecule has 0 spiro atoms. The van der Waals surface area contributed by atoms with Gasteiger partial charge in [-0.15, -0.1) is 0 Å². The van der Waals surface area contributed by atoms with Crippen molar-refractivity contribution in [2.24, 2.45) is 0 Å². The Morgan fingerprint density at radius 3 is 0.537 bits per heavy atom. The smallest absolute Gasteiger partial charge is 0.330 e. The van der Waals surface area contributed by atoms with E-state index in [1.807, 2.05) is 0 Å². The normalized spacial score (nSPS) is 10.9. The van der Waals surface area contributed by atoms with Gasteiger partial charge in [0.05, 0.1) is 0 Å². The summed E-state index contributed by atoms with van der Waals surface area (Å²) < 4.78 is 0. The second-order valence-corrected chi connectivity index (χ2v) is 13.0. The zero-order valence-corrected chi connectivity index (χ0v) is 28.9. The summed E-state index contributed by atoms with van der Waals surface area (Å²) in [6, 6.07) is 0. The van der Waals surface area contributed by atoms with Crippen LogP contribution in [0.15, 0.2) is 12.2 Å². The number of aliphatic carboxylic acids is 1. The predicted octanol–water partition coefficient (Wildman–Crippen LogP) is 14.5. The number of rotatable bonds is 33. The molecule has 0 unspecified atom stereocenters. The van der Waals surface area contributed by atoms with Gasteiger partial charge in [0.1, 0.15) is 0 Å². The van der Waals surface area contributed by atoms with E-state index >= 15 is 0 Å². The highest BCUT2D eigenvalue weighted by Gasteiger charge is 1.97. The molecular formula is C39H78O2. The first-order valence-electron chi connectivity index (χ1n) is 18.9. The molecule has 0 saturated carbocycles. The molecular weight excluding hydrogens is 500 g/mol. The van der Waals surface area contributed by atoms with Gasteiger partial charge in [0.15, 0.2) is 0 Å². The van der Waals surface area contributed by atoms with Gasteiger partial charge in [-0.25, -0.2) is 4.79 Å². The molecule has 2 heteroatoms. The van der Waals surface area contributed by atoms with E-state index in [4.69, 9.17) is 5.11 Å². The van der Waals surface area contributed by atoms with Crippen LogP contribution in [0.2, 0.25) is 0 Å². The van der Waals surface area contributed by atoms with Gasteiger partial charge in [0, 0.05) is 5.57 Å². The lowest BCUT2D eigenvalue weighted by Crippen LogP contribution is -1.92. The topological polar surface area (TPSA) is 37.3 Å². The minimum Gasteiger partial charge on any atom is -0.478 e. The maximum atomic E-state index is 9.60. The zero-order chi connectivity index (χ0) is 30.5. The van der Waals surface area contributed by atoms with Crippen molar-refractivity contribution < 1.29 is 9.90 Å². The van der Waals surface area contributed by atoms with Crippen molar-refractivity contribution in [1.82, 2.24) is 0 Å². The lowest BCUT2D eigenvalue weighted by atomic mass is 10.0. The molecule has 0 saturated heterocycles. The summed E-state index contributed by atoms with van der Waals surface area (Å²) in [5.74, 6) is -0.935. The lowest BCUT2D eigenvalue weighted by molar-refractivity contribution is -0.132. The fourth-order valence-corrected chi connectivity index (χ4v) is 5.63. The van der Waals surface area contributed by atoms with Crippen molar-refractivity contribution in [1.29, 1.82) is 0 Å². The van der Waals surface area contributed by atoms with Gasteiger partial charge >= 0.3 is 5.97 Å². The summed E-state index contributed by atoms with van der Waals surface area (Å²) in [5, 5.41) is 7.89. The van der Waals surface area contributed by atoms with E-state index in [1.165, 1.54) is 219 Å². The molecule has 0 aliphatic heterocycles. The van der Waals surface area contributed by atoms with Gasteiger partial charge in [0.25, 0.3) is 0 Å². The Morgan fingerprint density at radius 2 is 0.463 bits per heavy atom. The molecule has 246 valence electrons. The standard InChI is InChI=1S/C35H72.C4H6O2/c1-3-5-7-9-11-13-15-17-19-21-23-25-27-29-31-33-35-34-32-30-28-26-24-22-20-18-16-14-12-10-8-6-4-2;1-3(2)4(5)6/h3-35H2,1-2H3;1H2,2H3,(H,5,6). The molecule has 0 radical (unpaired) electrons. The maximum Gasteiger partial charge on any atom is 0.330 e. The van der Waals surface area contributed by atoms with Crippen molar-refractivity contribution >= 4 is 5.97 Å². The summed E-state index contributed by atoms with van der Waals surface area (Å²) in [4.78, 5) is 9.60. The van der Waals surface area contributed by atoms with Crippen LogP contribution in [0.3, 0.4) is 0 Å². The first-order chi connectivity index (χ1) is 20.1. The van der Waals surface area contributed by atoms with Crippen LogP contribution in [0.1, 0.15) is 233 Å². The fourth-order valence-electron chi connectivity index (χ4n) is 5.63. The third-order valence-corrected chi connectivity index (χ3v) is 8.57. The van der Waals surface area contributed by atoms with Crippen molar-refractivity contribution in [2.75, 3.05) is 0 Å². The molecule has 0 amide bonds. The number of hydrogen-bond acceptors (Lipinski definition) is 1. The fraction of sp³-hybridized carbons (Fsp3) is 0.923. The molecule has 0 aliphatic carbocycles. The quantitative estimate of drug-likeness (QED) is 0.0621. The number of carboxylic acid groups (broad SMARTS) is 1. The Hall–Kier alpha value is -0.790. The Kier molecular flexibility index (Phi) is 40.5. The number of hydrogen-bond donors (Lipinski definition) is 1. The molecule has 41 heavy (non-hydrogen) atoms. The van der Waals surface area contributed by atoms with E-state index in [0.717, 1.165) is 0 Å². The monoisotopic (exact) mass is 579 g/mol. The van der Waals surface area contributed by atoms with E-state index in [-0.39, 0.29) is 5.57 Å². The second-order valence-electron chi connectivity index (χ2n) is 13.0. The van der Waals surface area contributed by atoms with Crippen LogP contribution in [-0.2, 0) is 4.79 Å². The molecule has 0 rings (SSSR count). The van der Waals surface area contributed by atoms with Gasteiger partial charge in [0.2, 0.25) is 0 Å². The third-order valence-electron chi connectivity index (χ3n) is 8.57. The Morgan fingerprint density at radius 1 is 0.366 bits per heavy atom. The van der Waals surface area contributed by atoms with Crippen LogP contribution < -0.4 is 0 Å². The minimum atomic E-state index is -0.935. The average molecular weight is 579 g/mol. The molecule has 0 aromatic heterocycles. The second kappa shape index (κ2) is 39.2. The molecule has 0 fully saturated rings. The Labute approximate surface area is 260 Å². The summed E-state index contributed by atoms with van der Waals surface area (Å²) in [5.41, 5.74) is 0.176. The number of carbonyl (C=O) groups is 1. The molecule has 0 aliphatic rings. The van der Waals surface area contributed by atoms with Crippen LogP contribution in [0.25, 0.3) is 0 Å². The summed E-state index contributed by atoms with van der Waals surface area (Å²) in [7, 11) is 0. The first-order valence-corrected chi connectivity index (χ1v) is 18.9. The molecule has 0 bridgehead atoms. The van der Waals surface area contributed by atoms with E-state index < -0.39 is 5.97 Å². The molecule has 0 heterocycles. The van der Waals surface area contributed by atoms with Crippen molar-refractivity contribution in [3.8, 4) is 0 Å². The first kappa shape index (κ1) is 42.3. The van der Waals surface area contributed by atoms with E-state index in [9.17, 15) is 4.79 Å². The van der Waals surface area contributed by atoms with Crippen LogP contribution in [-0.4, -0.2) is 11.1 Å². The number of carboxylic acids is 1. The van der Waals surface area contributed by atoms with Crippen LogP contribution in [0, 0.1) is 0 Å². The largest absolute Gasteiger partial charge is 0.478 e. The summed E-state index contributed by atoms with van der Waals surface area (Å²) >= 11 is 0. The molecule has 0 atom stereocenters. The minimum absolute atomic E-state index is 0.176. The average Bonchev–Trinajstić information content (AvgIpc) is 2.96. The van der Waals surface area contributed by atoms with Crippen LogP contribution >= 0.6 is 0 Å². The molecule has 2 nitrogen and oxygen atoms in total. The Bertz CT molecular complexity index is 454. The Balaban J connectivity index is 0. The highest BCUT2D eigenvalue weighted by atomic mass is 16.4. The van der Waals surface area contributed by atoms with E-state index in [0.29, 0.717) is 0 Å². The SMILES string of the molecule is C=C(C)C(=O)O.CCCCCCCCCCCCCCCCCCCCCCCCCCCCCCCCCCC. The van der Waals surface area contributed by atoms with Crippen molar-refractivity contribution in [3.05, 3.63) is 12.2 Å². The van der Waals surface area contributed by atoms with E-state index in [1.54, 1.807) is 0 Å². The predicted molar refractivity (Wildman–Crippen MR) is 186 cm³/mol. The molecule has 0 aromatic carbocycles.